The Labute approximate surface area is 97.5 Å². The Morgan fingerprint density at radius 1 is 1.25 bits per heavy atom. The van der Waals surface area contributed by atoms with Gasteiger partial charge in [-0.2, -0.15) is 0 Å². The molecular weight excluding hydrogens is 196 g/mol. The summed E-state index contributed by atoms with van der Waals surface area (Å²) in [5, 5.41) is 1.37. The minimum absolute atomic E-state index is 0.582. The number of rotatable bonds is 3. The van der Waals surface area contributed by atoms with Gasteiger partial charge in [0.15, 0.2) is 0 Å². The van der Waals surface area contributed by atoms with Crippen LogP contribution in [0.2, 0.25) is 0 Å². The van der Waals surface area contributed by atoms with E-state index in [1.165, 1.54) is 16.5 Å². The fourth-order valence-electron chi connectivity index (χ4n) is 2.00. The largest absolute Gasteiger partial charge is 0.350 e. The van der Waals surface area contributed by atoms with Gasteiger partial charge in [0.05, 0.1) is 0 Å². The van der Waals surface area contributed by atoms with Gasteiger partial charge in [0.2, 0.25) is 0 Å². The maximum absolute atomic E-state index is 2.36. The van der Waals surface area contributed by atoms with E-state index in [-0.39, 0.29) is 0 Å². The van der Waals surface area contributed by atoms with Crippen molar-refractivity contribution in [3.8, 4) is 0 Å². The van der Waals surface area contributed by atoms with E-state index in [9.17, 15) is 0 Å². The second kappa shape index (κ2) is 4.30. The molecule has 0 radical (unpaired) electrons. The molecule has 0 saturated heterocycles. The molecular formula is C14H20N2. The smallest absolute Gasteiger partial charge is 0.0481 e. The third-order valence-corrected chi connectivity index (χ3v) is 3.28. The summed E-state index contributed by atoms with van der Waals surface area (Å²) in [4.78, 5) is 2.36. The van der Waals surface area contributed by atoms with Crippen LogP contribution in [0.25, 0.3) is 10.9 Å². The first-order chi connectivity index (χ1) is 7.59. The summed E-state index contributed by atoms with van der Waals surface area (Å²) in [5.74, 6) is 0. The first-order valence-electron chi connectivity index (χ1n) is 5.82. The van der Waals surface area contributed by atoms with E-state index in [1.54, 1.807) is 0 Å². The number of aromatic nitrogens is 1. The quantitative estimate of drug-likeness (QED) is 0.765. The second-order valence-electron chi connectivity index (χ2n) is 4.79. The third kappa shape index (κ3) is 1.98. The van der Waals surface area contributed by atoms with Crippen molar-refractivity contribution in [2.75, 3.05) is 7.05 Å². The zero-order valence-electron chi connectivity index (χ0n) is 10.6. The van der Waals surface area contributed by atoms with Crippen LogP contribution < -0.4 is 0 Å². The molecule has 0 amide bonds. The lowest BCUT2D eigenvalue weighted by atomic mass is 10.1. The fourth-order valence-corrected chi connectivity index (χ4v) is 2.00. The number of nitrogens with zero attached hydrogens (tertiary/aromatic N) is 2. The van der Waals surface area contributed by atoms with Crippen molar-refractivity contribution in [3.63, 3.8) is 0 Å². The van der Waals surface area contributed by atoms with E-state index in [0.717, 1.165) is 6.54 Å². The average molecular weight is 216 g/mol. The maximum Gasteiger partial charge on any atom is 0.0481 e. The lowest BCUT2D eigenvalue weighted by Gasteiger charge is -2.20. The lowest BCUT2D eigenvalue weighted by molar-refractivity contribution is 0.266. The van der Waals surface area contributed by atoms with Gasteiger partial charge in [0.25, 0.3) is 0 Å². The summed E-state index contributed by atoms with van der Waals surface area (Å²) < 4.78 is 2.21. The summed E-state index contributed by atoms with van der Waals surface area (Å²) in [7, 11) is 4.29. The molecule has 0 aliphatic rings. The van der Waals surface area contributed by atoms with Gasteiger partial charge in [0, 0.05) is 36.7 Å². The SMILES string of the molecule is CC(C)N(C)Cc1cn(C)c2ccccc12. The van der Waals surface area contributed by atoms with Crippen molar-refractivity contribution < 1.29 is 0 Å². The number of benzene rings is 1. The predicted molar refractivity (Wildman–Crippen MR) is 69.5 cm³/mol. The van der Waals surface area contributed by atoms with Gasteiger partial charge in [-0.3, -0.25) is 4.90 Å². The molecule has 0 fully saturated rings. The molecule has 0 spiro atoms. The van der Waals surface area contributed by atoms with Crippen molar-refractivity contribution in [2.45, 2.75) is 26.4 Å². The Morgan fingerprint density at radius 3 is 2.62 bits per heavy atom. The van der Waals surface area contributed by atoms with E-state index >= 15 is 0 Å². The van der Waals surface area contributed by atoms with Gasteiger partial charge in [-0.1, -0.05) is 18.2 Å². The van der Waals surface area contributed by atoms with Gasteiger partial charge < -0.3 is 4.57 Å². The van der Waals surface area contributed by atoms with Crippen LogP contribution in [0.3, 0.4) is 0 Å². The number of hydrogen-bond acceptors (Lipinski definition) is 1. The van der Waals surface area contributed by atoms with Crippen molar-refractivity contribution in [1.29, 1.82) is 0 Å². The highest BCUT2D eigenvalue weighted by Gasteiger charge is 2.09. The Hall–Kier alpha value is -1.28. The van der Waals surface area contributed by atoms with Crippen LogP contribution in [-0.4, -0.2) is 22.6 Å². The van der Waals surface area contributed by atoms with Crippen LogP contribution >= 0.6 is 0 Å². The molecule has 0 saturated carbocycles. The highest BCUT2D eigenvalue weighted by molar-refractivity contribution is 5.83. The summed E-state index contributed by atoms with van der Waals surface area (Å²) in [6.07, 6.45) is 2.24. The van der Waals surface area contributed by atoms with Crippen LogP contribution in [0.1, 0.15) is 19.4 Å². The van der Waals surface area contributed by atoms with Gasteiger partial charge >= 0.3 is 0 Å². The van der Waals surface area contributed by atoms with Crippen molar-refractivity contribution in [1.82, 2.24) is 9.47 Å². The molecule has 0 bridgehead atoms. The summed E-state index contributed by atoms with van der Waals surface area (Å²) >= 11 is 0. The molecule has 1 aromatic carbocycles. The Balaban J connectivity index is 2.38. The standard InChI is InChI=1S/C14H20N2/c1-11(2)15(3)9-12-10-16(4)14-8-6-5-7-13(12)14/h5-8,10-11H,9H2,1-4H3. The van der Waals surface area contributed by atoms with Gasteiger partial charge in [-0.05, 0) is 32.5 Å². The topological polar surface area (TPSA) is 8.17 Å². The van der Waals surface area contributed by atoms with Crippen molar-refractivity contribution in [2.24, 2.45) is 7.05 Å². The summed E-state index contributed by atoms with van der Waals surface area (Å²) in [5.41, 5.74) is 2.73. The van der Waals surface area contributed by atoms with Gasteiger partial charge in [-0.15, -0.1) is 0 Å². The highest BCUT2D eigenvalue weighted by atomic mass is 15.1. The second-order valence-corrected chi connectivity index (χ2v) is 4.79. The van der Waals surface area contributed by atoms with Crippen LogP contribution in [0, 0.1) is 0 Å². The lowest BCUT2D eigenvalue weighted by Crippen LogP contribution is -2.25. The van der Waals surface area contributed by atoms with Gasteiger partial charge in [0.1, 0.15) is 0 Å². The van der Waals surface area contributed by atoms with E-state index in [0.29, 0.717) is 6.04 Å². The van der Waals surface area contributed by atoms with Crippen LogP contribution in [-0.2, 0) is 13.6 Å². The molecule has 0 aliphatic heterocycles. The zero-order chi connectivity index (χ0) is 11.7. The van der Waals surface area contributed by atoms with Gasteiger partial charge in [-0.25, -0.2) is 0 Å². The highest BCUT2D eigenvalue weighted by Crippen LogP contribution is 2.21. The molecule has 2 rings (SSSR count). The first kappa shape index (κ1) is 11.2. The Morgan fingerprint density at radius 2 is 1.94 bits per heavy atom. The molecule has 2 nitrogen and oxygen atoms in total. The normalized spacial score (nSPS) is 11.9. The first-order valence-corrected chi connectivity index (χ1v) is 5.82. The van der Waals surface area contributed by atoms with E-state index in [2.05, 4.69) is 67.9 Å². The maximum atomic E-state index is 2.36. The number of aryl methyl sites for hydroxylation is 1. The number of fused-ring (bicyclic) bond motifs is 1. The molecule has 2 aromatic rings. The molecule has 16 heavy (non-hydrogen) atoms. The van der Waals surface area contributed by atoms with E-state index < -0.39 is 0 Å². The van der Waals surface area contributed by atoms with Crippen LogP contribution in [0.5, 0.6) is 0 Å². The third-order valence-electron chi connectivity index (χ3n) is 3.28. The Bertz CT molecular complexity index is 482. The van der Waals surface area contributed by atoms with E-state index in [4.69, 9.17) is 0 Å². The molecule has 0 unspecified atom stereocenters. The zero-order valence-corrected chi connectivity index (χ0v) is 10.6. The minimum Gasteiger partial charge on any atom is -0.350 e. The summed E-state index contributed by atoms with van der Waals surface area (Å²) in [6.45, 7) is 5.47. The molecule has 2 heteroatoms. The van der Waals surface area contributed by atoms with Crippen molar-refractivity contribution in [3.05, 3.63) is 36.0 Å². The Kier molecular flexibility index (Phi) is 3.01. The van der Waals surface area contributed by atoms with E-state index in [1.807, 2.05) is 0 Å². The van der Waals surface area contributed by atoms with Crippen LogP contribution in [0.4, 0.5) is 0 Å². The molecule has 86 valence electrons. The minimum atomic E-state index is 0.582. The van der Waals surface area contributed by atoms with Crippen LogP contribution in [0.15, 0.2) is 30.5 Å². The molecule has 0 atom stereocenters. The fraction of sp³-hybridized carbons (Fsp3) is 0.429. The molecule has 1 aromatic heterocycles. The average Bonchev–Trinajstić information content (AvgIpc) is 2.57. The van der Waals surface area contributed by atoms with Crippen molar-refractivity contribution >= 4 is 10.9 Å². The molecule has 0 N–H and O–H groups in total. The molecule has 1 heterocycles. The number of hydrogen-bond donors (Lipinski definition) is 0. The molecule has 0 aliphatic carbocycles. The summed E-state index contributed by atoms with van der Waals surface area (Å²) in [6, 6.07) is 9.17. The number of para-hydroxylation sites is 1. The monoisotopic (exact) mass is 216 g/mol. The predicted octanol–water partition coefficient (Wildman–Crippen LogP) is 3.02.